The largest absolute Gasteiger partial charge is 0.370 e. The van der Waals surface area contributed by atoms with Crippen molar-refractivity contribution >= 4 is 18.3 Å². The van der Waals surface area contributed by atoms with Gasteiger partial charge in [-0.2, -0.15) is 0 Å². The van der Waals surface area contributed by atoms with E-state index >= 15 is 0 Å². The third-order valence-electron chi connectivity index (χ3n) is 2.58. The highest BCUT2D eigenvalue weighted by Crippen LogP contribution is 2.17. The SMILES string of the molecule is COC(CN)C(=O)NC(C)c1ccc(F)cc1F.Cl. The van der Waals surface area contributed by atoms with E-state index in [0.29, 0.717) is 0 Å². The molecule has 0 radical (unpaired) electrons. The predicted molar refractivity (Wildman–Crippen MR) is 70.0 cm³/mol. The van der Waals surface area contributed by atoms with E-state index in [2.05, 4.69) is 5.32 Å². The first-order valence-corrected chi connectivity index (χ1v) is 5.47. The summed E-state index contributed by atoms with van der Waals surface area (Å²) < 4.78 is 31.1. The summed E-state index contributed by atoms with van der Waals surface area (Å²) >= 11 is 0. The molecule has 2 atom stereocenters. The van der Waals surface area contributed by atoms with Gasteiger partial charge in [-0.1, -0.05) is 6.07 Å². The minimum atomic E-state index is -0.782. The van der Waals surface area contributed by atoms with Crippen LogP contribution in [0.15, 0.2) is 18.2 Å². The van der Waals surface area contributed by atoms with Gasteiger partial charge in [0.25, 0.3) is 5.91 Å². The van der Waals surface area contributed by atoms with Crippen molar-refractivity contribution in [2.24, 2.45) is 5.73 Å². The van der Waals surface area contributed by atoms with Gasteiger partial charge in [0.15, 0.2) is 0 Å². The fraction of sp³-hybridized carbons (Fsp3) is 0.417. The molecule has 0 fully saturated rings. The van der Waals surface area contributed by atoms with Gasteiger partial charge >= 0.3 is 0 Å². The highest BCUT2D eigenvalue weighted by molar-refractivity contribution is 5.85. The first-order valence-electron chi connectivity index (χ1n) is 5.47. The Labute approximate surface area is 116 Å². The van der Waals surface area contributed by atoms with Gasteiger partial charge in [0.1, 0.15) is 17.7 Å². The van der Waals surface area contributed by atoms with Gasteiger partial charge in [-0.3, -0.25) is 4.79 Å². The molecule has 0 aliphatic heterocycles. The van der Waals surface area contributed by atoms with Crippen molar-refractivity contribution in [3.05, 3.63) is 35.4 Å². The van der Waals surface area contributed by atoms with Crippen LogP contribution in [-0.4, -0.2) is 25.7 Å². The van der Waals surface area contributed by atoms with Gasteiger partial charge in [0, 0.05) is 25.3 Å². The monoisotopic (exact) mass is 294 g/mol. The number of carbonyl (C=O) groups is 1. The number of benzene rings is 1. The van der Waals surface area contributed by atoms with Gasteiger partial charge in [0.2, 0.25) is 0 Å². The average molecular weight is 295 g/mol. The molecule has 2 unspecified atom stereocenters. The van der Waals surface area contributed by atoms with E-state index in [1.165, 1.54) is 13.2 Å². The molecule has 0 aliphatic carbocycles. The summed E-state index contributed by atoms with van der Waals surface area (Å²) in [5, 5.41) is 2.55. The Morgan fingerprint density at radius 3 is 2.58 bits per heavy atom. The van der Waals surface area contributed by atoms with Crippen molar-refractivity contribution in [2.75, 3.05) is 13.7 Å². The van der Waals surface area contributed by atoms with Gasteiger partial charge in [-0.15, -0.1) is 12.4 Å². The number of amides is 1. The molecule has 0 heterocycles. The molecule has 1 amide bonds. The van der Waals surface area contributed by atoms with Crippen LogP contribution >= 0.6 is 12.4 Å². The zero-order valence-corrected chi connectivity index (χ0v) is 11.5. The number of methoxy groups -OCH3 is 1. The van der Waals surface area contributed by atoms with Crippen LogP contribution < -0.4 is 11.1 Å². The van der Waals surface area contributed by atoms with E-state index < -0.39 is 29.7 Å². The second kappa shape index (κ2) is 8.04. The molecule has 1 rings (SSSR count). The molecule has 4 nitrogen and oxygen atoms in total. The molecule has 1 aromatic rings. The number of halogens is 3. The number of carbonyl (C=O) groups excluding carboxylic acids is 1. The molecule has 0 saturated carbocycles. The van der Waals surface area contributed by atoms with Crippen LogP contribution in [0.5, 0.6) is 0 Å². The lowest BCUT2D eigenvalue weighted by Gasteiger charge is -2.18. The maximum absolute atomic E-state index is 13.5. The van der Waals surface area contributed by atoms with Crippen LogP contribution in [-0.2, 0) is 9.53 Å². The van der Waals surface area contributed by atoms with Crippen LogP contribution in [0.4, 0.5) is 8.78 Å². The van der Waals surface area contributed by atoms with Crippen molar-refractivity contribution in [3.63, 3.8) is 0 Å². The zero-order valence-electron chi connectivity index (χ0n) is 10.7. The summed E-state index contributed by atoms with van der Waals surface area (Å²) in [4.78, 5) is 11.7. The third-order valence-corrected chi connectivity index (χ3v) is 2.58. The maximum atomic E-state index is 13.5. The summed E-state index contributed by atoms with van der Waals surface area (Å²) in [5.74, 6) is -1.80. The fourth-order valence-electron chi connectivity index (χ4n) is 1.55. The molecule has 0 aromatic heterocycles. The Morgan fingerprint density at radius 2 is 2.11 bits per heavy atom. The predicted octanol–water partition coefficient (Wildman–Crippen LogP) is 1.54. The minimum Gasteiger partial charge on any atom is -0.370 e. The van der Waals surface area contributed by atoms with Crippen molar-refractivity contribution in [2.45, 2.75) is 19.1 Å². The van der Waals surface area contributed by atoms with Crippen LogP contribution in [0.25, 0.3) is 0 Å². The Hall–Kier alpha value is -1.24. The minimum absolute atomic E-state index is 0. The number of ether oxygens (including phenoxy) is 1. The number of nitrogens with two attached hydrogens (primary N) is 1. The Kier molecular flexibility index (Phi) is 7.51. The second-order valence-corrected chi connectivity index (χ2v) is 3.86. The molecule has 3 N–H and O–H groups in total. The van der Waals surface area contributed by atoms with Gasteiger partial charge in [-0.05, 0) is 13.0 Å². The molecule has 0 aliphatic rings. The smallest absolute Gasteiger partial charge is 0.250 e. The summed E-state index contributed by atoms with van der Waals surface area (Å²) in [5.41, 5.74) is 5.54. The lowest BCUT2D eigenvalue weighted by molar-refractivity contribution is -0.131. The van der Waals surface area contributed by atoms with Crippen LogP contribution in [0.1, 0.15) is 18.5 Å². The normalized spacial score (nSPS) is 13.3. The number of hydrogen-bond acceptors (Lipinski definition) is 3. The molecule has 19 heavy (non-hydrogen) atoms. The first-order chi connectivity index (χ1) is 8.49. The van der Waals surface area contributed by atoms with E-state index in [9.17, 15) is 13.6 Å². The van der Waals surface area contributed by atoms with Crippen molar-refractivity contribution in [1.82, 2.24) is 5.32 Å². The van der Waals surface area contributed by atoms with E-state index in [1.54, 1.807) is 6.92 Å². The van der Waals surface area contributed by atoms with E-state index in [-0.39, 0.29) is 24.5 Å². The second-order valence-electron chi connectivity index (χ2n) is 3.86. The molecule has 0 bridgehead atoms. The van der Waals surface area contributed by atoms with Crippen molar-refractivity contribution in [1.29, 1.82) is 0 Å². The fourth-order valence-corrected chi connectivity index (χ4v) is 1.55. The Balaban J connectivity index is 0.00000324. The number of nitrogens with one attached hydrogen (secondary N) is 1. The summed E-state index contributed by atoms with van der Waals surface area (Å²) in [6, 6.07) is 2.61. The standard InChI is InChI=1S/C12H16F2N2O2.ClH/c1-7(16-12(17)11(6-15)18-2)9-4-3-8(13)5-10(9)14;/h3-5,7,11H,6,15H2,1-2H3,(H,16,17);1H. The molecule has 0 saturated heterocycles. The Bertz CT molecular complexity index is 428. The third kappa shape index (κ3) is 4.74. The number of hydrogen-bond donors (Lipinski definition) is 2. The van der Waals surface area contributed by atoms with Crippen LogP contribution in [0.3, 0.4) is 0 Å². The quantitative estimate of drug-likeness (QED) is 0.866. The summed E-state index contributed by atoms with van der Waals surface area (Å²) in [7, 11) is 1.36. The molecule has 7 heteroatoms. The van der Waals surface area contributed by atoms with E-state index in [0.717, 1.165) is 12.1 Å². The maximum Gasteiger partial charge on any atom is 0.250 e. The summed E-state index contributed by atoms with van der Waals surface area (Å²) in [6.45, 7) is 1.62. The molecular weight excluding hydrogens is 278 g/mol. The molecule has 1 aromatic carbocycles. The zero-order chi connectivity index (χ0) is 13.7. The number of rotatable bonds is 5. The lowest BCUT2D eigenvalue weighted by atomic mass is 10.1. The topological polar surface area (TPSA) is 64.3 Å². The summed E-state index contributed by atoms with van der Waals surface area (Å²) in [6.07, 6.45) is -0.782. The van der Waals surface area contributed by atoms with Gasteiger partial charge < -0.3 is 15.8 Å². The highest BCUT2D eigenvalue weighted by atomic mass is 35.5. The average Bonchev–Trinajstić information content (AvgIpc) is 2.30. The lowest BCUT2D eigenvalue weighted by Crippen LogP contribution is -2.41. The first kappa shape index (κ1) is 17.8. The van der Waals surface area contributed by atoms with Gasteiger partial charge in [0.05, 0.1) is 6.04 Å². The molecule has 0 spiro atoms. The van der Waals surface area contributed by atoms with Crippen LogP contribution in [0.2, 0.25) is 0 Å². The van der Waals surface area contributed by atoms with Crippen LogP contribution in [0, 0.1) is 11.6 Å². The Morgan fingerprint density at radius 1 is 1.47 bits per heavy atom. The van der Waals surface area contributed by atoms with E-state index in [4.69, 9.17) is 10.5 Å². The van der Waals surface area contributed by atoms with Gasteiger partial charge in [-0.25, -0.2) is 8.78 Å². The van der Waals surface area contributed by atoms with Crippen molar-refractivity contribution in [3.8, 4) is 0 Å². The van der Waals surface area contributed by atoms with E-state index in [1.807, 2.05) is 0 Å². The molecule has 108 valence electrons. The molecular formula is C12H17ClF2N2O2. The van der Waals surface area contributed by atoms with Crippen molar-refractivity contribution < 1.29 is 18.3 Å². The highest BCUT2D eigenvalue weighted by Gasteiger charge is 2.20.